The molecule has 1 aliphatic carbocycles. The fraction of sp³-hybridized carbons (Fsp3) is 0.542. The summed E-state index contributed by atoms with van der Waals surface area (Å²) in [6.45, 7) is 6.22. The summed E-state index contributed by atoms with van der Waals surface area (Å²) in [5.41, 5.74) is 3.63. The standard InChI is InChI=1S/C24H30N2O4/c1-3-12-30-26-19-7-5-4-6-16(19)17-10-11-25-14-15-8-9-21(27)22(24(28)29-2)18(15)13-20(25)23(17)26/h3-7,15,18,20-22,27H,1,8-14H2,2H3. The Labute approximate surface area is 177 Å². The monoisotopic (exact) mass is 410 g/mol. The molecular weight excluding hydrogens is 380 g/mol. The molecule has 0 spiro atoms. The molecule has 0 amide bonds. The Balaban J connectivity index is 1.57. The lowest BCUT2D eigenvalue weighted by atomic mass is 9.65. The van der Waals surface area contributed by atoms with Gasteiger partial charge in [0, 0.05) is 18.5 Å². The van der Waals surface area contributed by atoms with Crippen molar-refractivity contribution >= 4 is 16.9 Å². The van der Waals surface area contributed by atoms with Gasteiger partial charge >= 0.3 is 5.97 Å². The van der Waals surface area contributed by atoms with E-state index in [1.165, 1.54) is 23.8 Å². The van der Waals surface area contributed by atoms with Crippen molar-refractivity contribution in [1.29, 1.82) is 0 Å². The lowest BCUT2D eigenvalue weighted by molar-refractivity contribution is -0.160. The summed E-state index contributed by atoms with van der Waals surface area (Å²) in [5, 5.41) is 11.9. The van der Waals surface area contributed by atoms with E-state index in [1.54, 1.807) is 6.08 Å². The second kappa shape index (κ2) is 7.75. The fourth-order valence-corrected chi connectivity index (χ4v) is 6.17. The number of piperidine rings is 1. The van der Waals surface area contributed by atoms with E-state index in [4.69, 9.17) is 9.57 Å². The SMILES string of the molecule is C=CCOn1c2c(c3ccccc31)CCN1CC3CCC(O)C(C(=O)OC)C3CC21. The molecule has 30 heavy (non-hydrogen) atoms. The van der Waals surface area contributed by atoms with Gasteiger partial charge < -0.3 is 14.7 Å². The number of carbonyl (C=O) groups is 1. The lowest BCUT2D eigenvalue weighted by Gasteiger charge is -2.51. The van der Waals surface area contributed by atoms with E-state index in [0.29, 0.717) is 18.9 Å². The van der Waals surface area contributed by atoms with Crippen molar-refractivity contribution in [2.75, 3.05) is 26.8 Å². The number of aliphatic hydroxyl groups is 1. The van der Waals surface area contributed by atoms with E-state index in [9.17, 15) is 9.90 Å². The van der Waals surface area contributed by atoms with E-state index in [1.807, 2.05) is 10.8 Å². The van der Waals surface area contributed by atoms with E-state index in [2.05, 4.69) is 29.7 Å². The second-order valence-electron chi connectivity index (χ2n) is 8.87. The maximum atomic E-state index is 12.6. The number of hydrogen-bond donors (Lipinski definition) is 1. The van der Waals surface area contributed by atoms with Crippen molar-refractivity contribution in [3.8, 4) is 0 Å². The number of nitrogens with zero attached hydrogens (tertiary/aromatic N) is 2. The van der Waals surface area contributed by atoms with Crippen LogP contribution in [0.4, 0.5) is 0 Å². The molecule has 1 saturated carbocycles. The van der Waals surface area contributed by atoms with Gasteiger partial charge in [0.25, 0.3) is 0 Å². The Hall–Kier alpha value is -2.31. The van der Waals surface area contributed by atoms with Gasteiger partial charge in [-0.15, -0.1) is 0 Å². The van der Waals surface area contributed by atoms with Gasteiger partial charge in [0.2, 0.25) is 0 Å². The van der Waals surface area contributed by atoms with Crippen LogP contribution in [0.1, 0.15) is 36.6 Å². The normalized spacial score (nSPS) is 30.8. The molecule has 3 aliphatic rings. The quantitative estimate of drug-likeness (QED) is 0.620. The average Bonchev–Trinajstić information content (AvgIpc) is 3.10. The first kappa shape index (κ1) is 19.6. The molecule has 2 fully saturated rings. The lowest BCUT2D eigenvalue weighted by Crippen LogP contribution is -2.53. The Morgan fingerprint density at radius 3 is 2.97 bits per heavy atom. The van der Waals surface area contributed by atoms with Crippen LogP contribution < -0.4 is 4.84 Å². The zero-order valence-electron chi connectivity index (χ0n) is 17.5. The third-order valence-electron chi connectivity index (χ3n) is 7.46. The minimum atomic E-state index is -0.615. The topological polar surface area (TPSA) is 63.9 Å². The first-order valence-corrected chi connectivity index (χ1v) is 11.0. The van der Waals surface area contributed by atoms with Gasteiger partial charge in [-0.05, 0) is 49.1 Å². The third kappa shape index (κ3) is 2.96. The number of aromatic nitrogens is 1. The van der Waals surface area contributed by atoms with Crippen molar-refractivity contribution < 1.29 is 19.5 Å². The number of fused-ring (bicyclic) bond motifs is 6. The molecule has 0 radical (unpaired) electrons. The minimum Gasteiger partial charge on any atom is -0.469 e. The van der Waals surface area contributed by atoms with Gasteiger partial charge in [-0.25, -0.2) is 0 Å². The molecule has 160 valence electrons. The summed E-state index contributed by atoms with van der Waals surface area (Å²) >= 11 is 0. The number of aliphatic hydroxyl groups excluding tert-OH is 1. The molecule has 5 atom stereocenters. The largest absolute Gasteiger partial charge is 0.469 e. The summed E-state index contributed by atoms with van der Waals surface area (Å²) in [6, 6.07) is 8.57. The van der Waals surface area contributed by atoms with Crippen molar-refractivity contribution in [3.05, 3.63) is 48.2 Å². The molecule has 6 heteroatoms. The summed E-state index contributed by atoms with van der Waals surface area (Å²) in [7, 11) is 1.42. The summed E-state index contributed by atoms with van der Waals surface area (Å²) in [6.07, 6.45) is 4.62. The number of esters is 1. The molecule has 1 aromatic heterocycles. The van der Waals surface area contributed by atoms with E-state index >= 15 is 0 Å². The average molecular weight is 411 g/mol. The highest BCUT2D eigenvalue weighted by Crippen LogP contribution is 2.50. The van der Waals surface area contributed by atoms with Crippen molar-refractivity contribution in [1.82, 2.24) is 9.63 Å². The fourth-order valence-electron chi connectivity index (χ4n) is 6.17. The maximum absolute atomic E-state index is 12.6. The van der Waals surface area contributed by atoms with Crippen molar-refractivity contribution in [2.45, 2.75) is 37.8 Å². The van der Waals surface area contributed by atoms with Gasteiger partial charge in [0.1, 0.15) is 6.61 Å². The van der Waals surface area contributed by atoms with E-state index in [0.717, 1.165) is 37.9 Å². The first-order chi connectivity index (χ1) is 14.6. The summed E-state index contributed by atoms with van der Waals surface area (Å²) < 4.78 is 7.08. The number of para-hydroxylation sites is 1. The van der Waals surface area contributed by atoms with Crippen LogP contribution >= 0.6 is 0 Å². The molecule has 5 unspecified atom stereocenters. The van der Waals surface area contributed by atoms with Gasteiger partial charge in [0.05, 0.1) is 36.4 Å². The summed E-state index contributed by atoms with van der Waals surface area (Å²) in [4.78, 5) is 21.2. The van der Waals surface area contributed by atoms with Crippen LogP contribution in [0.25, 0.3) is 10.9 Å². The van der Waals surface area contributed by atoms with Crippen LogP contribution in [0.2, 0.25) is 0 Å². The van der Waals surface area contributed by atoms with Crippen LogP contribution in [-0.2, 0) is 16.0 Å². The smallest absolute Gasteiger partial charge is 0.311 e. The number of hydrogen-bond acceptors (Lipinski definition) is 5. The van der Waals surface area contributed by atoms with Crippen molar-refractivity contribution in [3.63, 3.8) is 0 Å². The van der Waals surface area contributed by atoms with Crippen LogP contribution in [0.3, 0.4) is 0 Å². The number of rotatable bonds is 4. The Morgan fingerprint density at radius 2 is 2.17 bits per heavy atom. The molecule has 1 N–H and O–H groups in total. The highest BCUT2D eigenvalue weighted by molar-refractivity contribution is 5.86. The highest BCUT2D eigenvalue weighted by Gasteiger charge is 2.50. The molecule has 0 bridgehead atoms. The highest BCUT2D eigenvalue weighted by atomic mass is 16.7. The first-order valence-electron chi connectivity index (χ1n) is 11.0. The molecule has 6 nitrogen and oxygen atoms in total. The summed E-state index contributed by atoms with van der Waals surface area (Å²) in [5.74, 6) is -0.167. The molecule has 2 aromatic rings. The zero-order chi connectivity index (χ0) is 20.8. The predicted octanol–water partition coefficient (Wildman–Crippen LogP) is 2.74. The van der Waals surface area contributed by atoms with Gasteiger partial charge in [0.15, 0.2) is 0 Å². The van der Waals surface area contributed by atoms with Crippen molar-refractivity contribution in [2.24, 2.45) is 17.8 Å². The molecule has 1 saturated heterocycles. The minimum absolute atomic E-state index is 0.124. The van der Waals surface area contributed by atoms with Crippen LogP contribution in [-0.4, -0.2) is 53.6 Å². The van der Waals surface area contributed by atoms with Crippen LogP contribution in [0.15, 0.2) is 36.9 Å². The molecular formula is C24H30N2O4. The van der Waals surface area contributed by atoms with E-state index in [-0.39, 0.29) is 17.9 Å². The predicted molar refractivity (Wildman–Crippen MR) is 114 cm³/mol. The van der Waals surface area contributed by atoms with E-state index < -0.39 is 12.0 Å². The third-order valence-corrected chi connectivity index (χ3v) is 7.46. The zero-order valence-corrected chi connectivity index (χ0v) is 17.5. The maximum Gasteiger partial charge on any atom is 0.311 e. The number of methoxy groups -OCH3 is 1. The Kier molecular flexibility index (Phi) is 5.07. The number of benzene rings is 1. The number of ether oxygens (including phenoxy) is 1. The van der Waals surface area contributed by atoms with Gasteiger partial charge in [-0.3, -0.25) is 9.69 Å². The molecule has 2 aliphatic heterocycles. The van der Waals surface area contributed by atoms with Gasteiger partial charge in [-0.2, -0.15) is 4.73 Å². The molecule has 5 rings (SSSR count). The second-order valence-corrected chi connectivity index (χ2v) is 8.87. The van der Waals surface area contributed by atoms with Crippen LogP contribution in [0.5, 0.6) is 0 Å². The Bertz CT molecular complexity index is 968. The number of carbonyl (C=O) groups excluding carboxylic acids is 1. The Morgan fingerprint density at radius 1 is 1.33 bits per heavy atom. The molecule has 1 aromatic carbocycles. The molecule has 3 heterocycles. The van der Waals surface area contributed by atoms with Gasteiger partial charge in [-0.1, -0.05) is 30.9 Å². The van der Waals surface area contributed by atoms with Crippen LogP contribution in [0, 0.1) is 17.8 Å².